The minimum absolute atomic E-state index is 0.111. The summed E-state index contributed by atoms with van der Waals surface area (Å²) in [7, 11) is 0. The number of carbonyl (C=O) groups excluding carboxylic acids is 1. The van der Waals surface area contributed by atoms with Crippen LogP contribution in [-0.4, -0.2) is 15.7 Å². The van der Waals surface area contributed by atoms with Crippen LogP contribution < -0.4 is 0 Å². The third-order valence-electron chi connectivity index (χ3n) is 3.22. The molecule has 0 aliphatic rings. The molecule has 100 valence electrons. The van der Waals surface area contributed by atoms with E-state index in [1.54, 1.807) is 24.3 Å². The Morgan fingerprint density at radius 2 is 1.89 bits per heavy atom. The van der Waals surface area contributed by atoms with Crippen molar-refractivity contribution in [2.75, 3.05) is 0 Å². The summed E-state index contributed by atoms with van der Waals surface area (Å²) < 4.78 is 1.49. The molecule has 0 fully saturated rings. The molecule has 3 nitrogen and oxygen atoms in total. The number of hydrogen-bond donors (Lipinski definition) is 0. The molecule has 1 aromatic heterocycles. The first-order chi connectivity index (χ1) is 9.04. The van der Waals surface area contributed by atoms with E-state index in [0.717, 1.165) is 24.2 Å². The van der Waals surface area contributed by atoms with Crippen molar-refractivity contribution in [1.82, 2.24) is 9.78 Å². The van der Waals surface area contributed by atoms with Crippen LogP contribution in [0.1, 0.15) is 40.7 Å². The van der Waals surface area contributed by atoms with Crippen LogP contribution >= 0.6 is 11.6 Å². The molecule has 19 heavy (non-hydrogen) atoms. The maximum atomic E-state index is 12.4. The molecule has 0 bridgehead atoms. The summed E-state index contributed by atoms with van der Waals surface area (Å²) in [6.45, 7) is 6.01. The molecule has 0 N–H and O–H groups in total. The molecule has 0 saturated carbocycles. The van der Waals surface area contributed by atoms with Gasteiger partial charge in [-0.15, -0.1) is 0 Å². The third-order valence-corrected chi connectivity index (χ3v) is 3.48. The average molecular weight is 277 g/mol. The van der Waals surface area contributed by atoms with Gasteiger partial charge in [-0.2, -0.15) is 5.10 Å². The molecule has 0 saturated heterocycles. The first-order valence-electron chi connectivity index (χ1n) is 6.40. The van der Waals surface area contributed by atoms with Crippen LogP contribution in [0.3, 0.4) is 0 Å². The van der Waals surface area contributed by atoms with Crippen molar-refractivity contribution in [3.8, 4) is 0 Å². The Hall–Kier alpha value is -1.61. The Bertz CT molecular complexity index is 599. The van der Waals surface area contributed by atoms with Gasteiger partial charge in [0.15, 0.2) is 0 Å². The predicted octanol–water partition coefficient (Wildman–Crippen LogP) is 3.79. The molecule has 4 heteroatoms. The van der Waals surface area contributed by atoms with Crippen LogP contribution in [0.5, 0.6) is 0 Å². The summed E-state index contributed by atoms with van der Waals surface area (Å²) in [5.41, 5.74) is 3.63. The summed E-state index contributed by atoms with van der Waals surface area (Å²) in [6, 6.07) is 6.88. The number of benzene rings is 1. The summed E-state index contributed by atoms with van der Waals surface area (Å²) in [6.07, 6.45) is 1.99. The highest BCUT2D eigenvalue weighted by Crippen LogP contribution is 2.17. The van der Waals surface area contributed by atoms with Gasteiger partial charge in [-0.05, 0) is 50.1 Å². The van der Waals surface area contributed by atoms with Gasteiger partial charge in [0.25, 0.3) is 5.91 Å². The predicted molar refractivity (Wildman–Crippen MR) is 76.9 cm³/mol. The van der Waals surface area contributed by atoms with Gasteiger partial charge >= 0.3 is 0 Å². The molecule has 0 radical (unpaired) electrons. The van der Waals surface area contributed by atoms with Crippen molar-refractivity contribution >= 4 is 17.5 Å². The minimum atomic E-state index is -0.111. The molecule has 1 aromatic carbocycles. The zero-order valence-electron chi connectivity index (χ0n) is 11.4. The van der Waals surface area contributed by atoms with Crippen LogP contribution in [-0.2, 0) is 6.42 Å². The normalized spacial score (nSPS) is 10.7. The fraction of sp³-hybridized carbons (Fsp3) is 0.333. The van der Waals surface area contributed by atoms with Crippen molar-refractivity contribution in [3.63, 3.8) is 0 Å². The highest BCUT2D eigenvalue weighted by Gasteiger charge is 2.17. The van der Waals surface area contributed by atoms with E-state index in [9.17, 15) is 4.79 Å². The molecule has 0 aliphatic carbocycles. The van der Waals surface area contributed by atoms with Gasteiger partial charge in [-0.25, -0.2) is 4.68 Å². The summed E-state index contributed by atoms with van der Waals surface area (Å²) in [5.74, 6) is -0.111. The minimum Gasteiger partial charge on any atom is -0.267 e. The monoisotopic (exact) mass is 276 g/mol. The molecule has 0 spiro atoms. The topological polar surface area (TPSA) is 34.9 Å². The first-order valence-corrected chi connectivity index (χ1v) is 6.77. The molecule has 1 heterocycles. The molecule has 0 aliphatic heterocycles. The van der Waals surface area contributed by atoms with Gasteiger partial charge < -0.3 is 0 Å². The number of halogens is 1. The number of hydrogen-bond acceptors (Lipinski definition) is 2. The molecule has 2 rings (SSSR count). The van der Waals surface area contributed by atoms with Gasteiger partial charge in [-0.3, -0.25) is 4.79 Å². The maximum absolute atomic E-state index is 12.4. The zero-order chi connectivity index (χ0) is 14.0. The molecule has 0 unspecified atom stereocenters. The van der Waals surface area contributed by atoms with Crippen molar-refractivity contribution in [3.05, 3.63) is 51.8 Å². The quantitative estimate of drug-likeness (QED) is 0.855. The molecular formula is C15H17ClN2O. The smallest absolute Gasteiger partial charge is 0.267 e. The average Bonchev–Trinajstić information content (AvgIpc) is 2.67. The second-order valence-corrected chi connectivity index (χ2v) is 5.06. The van der Waals surface area contributed by atoms with Gasteiger partial charge in [0.2, 0.25) is 0 Å². The number of aromatic nitrogens is 2. The highest BCUT2D eigenvalue weighted by molar-refractivity contribution is 6.30. The number of carbonyl (C=O) groups is 1. The van der Waals surface area contributed by atoms with Crippen molar-refractivity contribution in [1.29, 1.82) is 0 Å². The van der Waals surface area contributed by atoms with Gasteiger partial charge in [0.1, 0.15) is 0 Å². The van der Waals surface area contributed by atoms with Crippen LogP contribution in [0.2, 0.25) is 5.02 Å². The van der Waals surface area contributed by atoms with E-state index >= 15 is 0 Å². The van der Waals surface area contributed by atoms with E-state index in [4.69, 9.17) is 11.6 Å². The van der Waals surface area contributed by atoms with Crippen molar-refractivity contribution < 1.29 is 4.79 Å². The molecule has 2 aromatic rings. The van der Waals surface area contributed by atoms with Crippen LogP contribution in [0, 0.1) is 13.8 Å². The zero-order valence-corrected chi connectivity index (χ0v) is 12.2. The number of nitrogens with zero attached hydrogens (tertiary/aromatic N) is 2. The van der Waals surface area contributed by atoms with E-state index in [-0.39, 0.29) is 5.91 Å². The first kappa shape index (κ1) is 13.8. The Morgan fingerprint density at radius 3 is 2.47 bits per heavy atom. The molecule has 0 atom stereocenters. The lowest BCUT2D eigenvalue weighted by molar-refractivity contribution is 0.0942. The van der Waals surface area contributed by atoms with E-state index < -0.39 is 0 Å². The van der Waals surface area contributed by atoms with Crippen molar-refractivity contribution in [2.45, 2.75) is 33.6 Å². The maximum Gasteiger partial charge on any atom is 0.278 e. The van der Waals surface area contributed by atoms with E-state index in [1.165, 1.54) is 10.2 Å². The van der Waals surface area contributed by atoms with Crippen LogP contribution in [0.4, 0.5) is 0 Å². The fourth-order valence-corrected chi connectivity index (χ4v) is 2.33. The van der Waals surface area contributed by atoms with Gasteiger partial charge in [0.05, 0.1) is 5.69 Å². The lowest BCUT2D eigenvalue weighted by Gasteiger charge is -2.04. The standard InChI is InChI=1S/C15H17ClN2O/c1-4-5-14-10(2)17-18(11(14)3)15(19)12-6-8-13(16)9-7-12/h6-9H,4-5H2,1-3H3. The molecular weight excluding hydrogens is 260 g/mol. The summed E-state index contributed by atoms with van der Waals surface area (Å²) in [4.78, 5) is 12.4. The molecule has 0 amide bonds. The Morgan fingerprint density at radius 1 is 1.26 bits per heavy atom. The highest BCUT2D eigenvalue weighted by atomic mass is 35.5. The second-order valence-electron chi connectivity index (χ2n) is 4.62. The Kier molecular flexibility index (Phi) is 4.05. The summed E-state index contributed by atoms with van der Waals surface area (Å²) >= 11 is 5.83. The lowest BCUT2D eigenvalue weighted by atomic mass is 10.1. The summed E-state index contributed by atoms with van der Waals surface area (Å²) in [5, 5.41) is 4.98. The third kappa shape index (κ3) is 2.71. The van der Waals surface area contributed by atoms with Gasteiger partial charge in [-0.1, -0.05) is 24.9 Å². The van der Waals surface area contributed by atoms with E-state index in [2.05, 4.69) is 12.0 Å². The number of rotatable bonds is 3. The second kappa shape index (κ2) is 5.57. The lowest BCUT2D eigenvalue weighted by Crippen LogP contribution is -2.15. The Balaban J connectivity index is 2.39. The van der Waals surface area contributed by atoms with Gasteiger partial charge in [0, 0.05) is 16.3 Å². The largest absolute Gasteiger partial charge is 0.278 e. The van der Waals surface area contributed by atoms with Crippen LogP contribution in [0.15, 0.2) is 24.3 Å². The van der Waals surface area contributed by atoms with Crippen LogP contribution in [0.25, 0.3) is 0 Å². The van der Waals surface area contributed by atoms with Crippen molar-refractivity contribution in [2.24, 2.45) is 0 Å². The Labute approximate surface area is 118 Å². The number of aryl methyl sites for hydroxylation is 1. The fourth-order valence-electron chi connectivity index (χ4n) is 2.20. The van der Waals surface area contributed by atoms with E-state index in [1.807, 2.05) is 13.8 Å². The SMILES string of the molecule is CCCc1c(C)nn(C(=O)c2ccc(Cl)cc2)c1C. The van der Waals surface area contributed by atoms with E-state index in [0.29, 0.717) is 10.6 Å².